The quantitative estimate of drug-likeness (QED) is 0.915. The number of hydrogen-bond acceptors (Lipinski definition) is 3. The van der Waals surface area contributed by atoms with Gasteiger partial charge in [0.15, 0.2) is 0 Å². The average Bonchev–Trinajstić information content (AvgIpc) is 2.83. The minimum Gasteiger partial charge on any atom is -0.312 e. The van der Waals surface area contributed by atoms with Crippen molar-refractivity contribution in [1.82, 2.24) is 15.1 Å². The molecule has 0 aliphatic carbocycles. The molecule has 1 aromatic carbocycles. The van der Waals surface area contributed by atoms with E-state index in [0.717, 1.165) is 36.6 Å². The van der Waals surface area contributed by atoms with E-state index in [1.165, 1.54) is 5.56 Å². The molecule has 3 rings (SSSR count). The van der Waals surface area contributed by atoms with Crippen molar-refractivity contribution in [3.05, 3.63) is 46.6 Å². The molecule has 116 valence electrons. The largest absolute Gasteiger partial charge is 0.312 e. The van der Waals surface area contributed by atoms with Crippen LogP contribution in [0.2, 0.25) is 0 Å². The zero-order valence-electron chi connectivity index (χ0n) is 13.3. The number of carbonyl (C=O) groups is 1. The van der Waals surface area contributed by atoms with Crippen LogP contribution >= 0.6 is 0 Å². The first-order valence-electron chi connectivity index (χ1n) is 7.73. The number of anilines is 1. The number of rotatable bonds is 3. The van der Waals surface area contributed by atoms with Crippen LogP contribution in [-0.4, -0.2) is 22.2 Å². The van der Waals surface area contributed by atoms with Gasteiger partial charge in [-0.3, -0.25) is 9.48 Å². The van der Waals surface area contributed by atoms with Crippen LogP contribution in [0.4, 0.5) is 5.82 Å². The third-order valence-electron chi connectivity index (χ3n) is 4.14. The summed E-state index contributed by atoms with van der Waals surface area (Å²) >= 11 is 0. The number of fused-ring (bicyclic) bond motifs is 1. The van der Waals surface area contributed by atoms with Gasteiger partial charge in [0.25, 0.3) is 5.91 Å². The Hall–Kier alpha value is -2.14. The summed E-state index contributed by atoms with van der Waals surface area (Å²) in [5.74, 6) is 1.17. The highest BCUT2D eigenvalue weighted by Crippen LogP contribution is 2.23. The lowest BCUT2D eigenvalue weighted by atomic mass is 10.0. The minimum absolute atomic E-state index is 0.0910. The van der Waals surface area contributed by atoms with Crippen molar-refractivity contribution >= 4 is 11.7 Å². The van der Waals surface area contributed by atoms with Gasteiger partial charge in [0.05, 0.1) is 5.69 Å². The third kappa shape index (κ3) is 2.76. The van der Waals surface area contributed by atoms with Gasteiger partial charge < -0.3 is 10.6 Å². The normalized spacial score (nSPS) is 14.0. The number of carbonyl (C=O) groups excluding carboxylic acids is 1. The van der Waals surface area contributed by atoms with Crippen LogP contribution in [0.5, 0.6) is 0 Å². The van der Waals surface area contributed by atoms with Crippen LogP contribution in [0, 0.1) is 0 Å². The van der Waals surface area contributed by atoms with Crippen molar-refractivity contribution in [2.45, 2.75) is 32.7 Å². The molecule has 0 radical (unpaired) electrons. The van der Waals surface area contributed by atoms with E-state index < -0.39 is 0 Å². The Morgan fingerprint density at radius 3 is 2.73 bits per heavy atom. The minimum atomic E-state index is -0.0910. The molecule has 0 saturated heterocycles. The molecule has 2 aromatic rings. The molecule has 0 spiro atoms. The van der Waals surface area contributed by atoms with Crippen molar-refractivity contribution < 1.29 is 4.79 Å². The predicted octanol–water partition coefficient (Wildman–Crippen LogP) is 2.44. The van der Waals surface area contributed by atoms with Crippen molar-refractivity contribution in [1.29, 1.82) is 0 Å². The average molecular weight is 298 g/mol. The molecule has 2 heterocycles. The van der Waals surface area contributed by atoms with Gasteiger partial charge in [-0.2, -0.15) is 5.10 Å². The number of amides is 1. The summed E-state index contributed by atoms with van der Waals surface area (Å²) < 4.78 is 1.76. The van der Waals surface area contributed by atoms with E-state index in [9.17, 15) is 4.79 Å². The molecule has 0 unspecified atom stereocenters. The van der Waals surface area contributed by atoms with Gasteiger partial charge in [0.1, 0.15) is 5.82 Å². The van der Waals surface area contributed by atoms with E-state index in [0.29, 0.717) is 11.5 Å². The molecule has 0 atom stereocenters. The Morgan fingerprint density at radius 2 is 2.05 bits per heavy atom. The molecule has 0 fully saturated rings. The second kappa shape index (κ2) is 5.93. The molecular formula is C17H22N4O. The maximum absolute atomic E-state index is 12.5. The Kier molecular flexibility index (Phi) is 3.98. The Morgan fingerprint density at radius 1 is 1.32 bits per heavy atom. The van der Waals surface area contributed by atoms with E-state index >= 15 is 0 Å². The Balaban J connectivity index is 1.81. The second-order valence-electron chi connectivity index (χ2n) is 6.06. The van der Waals surface area contributed by atoms with Crippen molar-refractivity contribution in [2.24, 2.45) is 7.05 Å². The molecule has 1 amide bonds. The molecule has 0 bridgehead atoms. The number of hydrogen-bond donors (Lipinski definition) is 2. The third-order valence-corrected chi connectivity index (χ3v) is 4.14. The van der Waals surface area contributed by atoms with Crippen LogP contribution in [0.15, 0.2) is 24.3 Å². The molecule has 22 heavy (non-hydrogen) atoms. The van der Waals surface area contributed by atoms with Crippen molar-refractivity contribution in [3.63, 3.8) is 0 Å². The molecule has 2 N–H and O–H groups in total. The van der Waals surface area contributed by atoms with E-state index in [1.54, 1.807) is 4.68 Å². The molecule has 5 heteroatoms. The Bertz CT molecular complexity index is 685. The Labute approximate surface area is 130 Å². The lowest BCUT2D eigenvalue weighted by Crippen LogP contribution is -2.24. The summed E-state index contributed by atoms with van der Waals surface area (Å²) in [6.45, 7) is 5.98. The first kappa shape index (κ1) is 14.8. The molecule has 5 nitrogen and oxygen atoms in total. The van der Waals surface area contributed by atoms with E-state index in [4.69, 9.17) is 0 Å². The van der Waals surface area contributed by atoms with Crippen molar-refractivity contribution in [2.75, 3.05) is 11.9 Å². The van der Waals surface area contributed by atoms with Gasteiger partial charge in [-0.1, -0.05) is 26.0 Å². The number of aromatic nitrogens is 2. The lowest BCUT2D eigenvalue weighted by molar-refractivity contribution is 0.102. The fourth-order valence-corrected chi connectivity index (χ4v) is 2.79. The lowest BCUT2D eigenvalue weighted by Gasteiger charge is -2.14. The highest BCUT2D eigenvalue weighted by atomic mass is 16.1. The topological polar surface area (TPSA) is 59.0 Å². The number of aryl methyl sites for hydroxylation is 1. The maximum Gasteiger partial charge on any atom is 0.256 e. The zero-order chi connectivity index (χ0) is 15.7. The summed E-state index contributed by atoms with van der Waals surface area (Å²) in [4.78, 5) is 12.5. The van der Waals surface area contributed by atoms with Crippen LogP contribution in [0.25, 0.3) is 0 Å². The molecule has 0 saturated carbocycles. The predicted molar refractivity (Wildman–Crippen MR) is 87.1 cm³/mol. The summed E-state index contributed by atoms with van der Waals surface area (Å²) in [5.41, 5.74) is 4.08. The zero-order valence-corrected chi connectivity index (χ0v) is 13.3. The maximum atomic E-state index is 12.5. The summed E-state index contributed by atoms with van der Waals surface area (Å²) in [6.07, 6.45) is 0.905. The monoisotopic (exact) mass is 298 g/mol. The molecule has 1 aliphatic rings. The highest BCUT2D eigenvalue weighted by Gasteiger charge is 2.20. The standard InChI is InChI=1S/C17H22N4O/c1-11(2)12-4-6-13(7-5-12)17(22)19-16-14-10-18-9-8-15(14)20-21(16)3/h4-7,11,18H,8-10H2,1-3H3,(H,19,22). The summed E-state index contributed by atoms with van der Waals surface area (Å²) in [7, 11) is 1.87. The smallest absolute Gasteiger partial charge is 0.256 e. The molecule has 1 aromatic heterocycles. The fraction of sp³-hybridized carbons (Fsp3) is 0.412. The summed E-state index contributed by atoms with van der Waals surface area (Å²) in [5, 5.41) is 10.8. The van der Waals surface area contributed by atoms with Gasteiger partial charge in [-0.05, 0) is 23.6 Å². The van der Waals surface area contributed by atoms with Gasteiger partial charge in [-0.15, -0.1) is 0 Å². The van der Waals surface area contributed by atoms with Crippen LogP contribution in [0.1, 0.15) is 46.9 Å². The van der Waals surface area contributed by atoms with E-state index in [-0.39, 0.29) is 5.91 Å². The van der Waals surface area contributed by atoms with Gasteiger partial charge in [0, 0.05) is 37.7 Å². The van der Waals surface area contributed by atoms with Crippen LogP contribution in [-0.2, 0) is 20.0 Å². The fourth-order valence-electron chi connectivity index (χ4n) is 2.79. The highest BCUT2D eigenvalue weighted by molar-refractivity contribution is 6.04. The van der Waals surface area contributed by atoms with Crippen molar-refractivity contribution in [3.8, 4) is 0 Å². The number of benzene rings is 1. The number of nitrogens with one attached hydrogen (secondary N) is 2. The second-order valence-corrected chi connectivity index (χ2v) is 6.06. The van der Waals surface area contributed by atoms with Gasteiger partial charge in [0.2, 0.25) is 0 Å². The van der Waals surface area contributed by atoms with E-state index in [2.05, 4.69) is 29.6 Å². The van der Waals surface area contributed by atoms with Gasteiger partial charge >= 0.3 is 0 Å². The summed E-state index contributed by atoms with van der Waals surface area (Å²) in [6, 6.07) is 7.79. The molecule has 1 aliphatic heterocycles. The van der Waals surface area contributed by atoms with Gasteiger partial charge in [-0.25, -0.2) is 0 Å². The van der Waals surface area contributed by atoms with E-state index in [1.807, 2.05) is 31.3 Å². The molecular weight excluding hydrogens is 276 g/mol. The number of nitrogens with zero attached hydrogens (tertiary/aromatic N) is 2. The first-order valence-corrected chi connectivity index (χ1v) is 7.73. The van der Waals surface area contributed by atoms with Crippen LogP contribution in [0.3, 0.4) is 0 Å². The SMILES string of the molecule is CC(C)c1ccc(C(=O)Nc2c3c(nn2C)CCNC3)cc1. The first-order chi connectivity index (χ1) is 10.6. The van der Waals surface area contributed by atoms with Crippen LogP contribution < -0.4 is 10.6 Å².